The first-order valence-corrected chi connectivity index (χ1v) is 12.5. The van der Waals surface area contributed by atoms with Gasteiger partial charge in [0.15, 0.2) is 11.5 Å². The molecule has 0 spiro atoms. The van der Waals surface area contributed by atoms with Crippen LogP contribution in [-0.2, 0) is 14.8 Å². The summed E-state index contributed by atoms with van der Waals surface area (Å²) in [5.74, 6) is 1.39. The van der Waals surface area contributed by atoms with Crippen LogP contribution in [0.1, 0.15) is 5.56 Å². The number of piperazine rings is 1. The molecule has 1 fully saturated rings. The van der Waals surface area contributed by atoms with Crippen LogP contribution in [0.4, 0.5) is 5.69 Å². The molecule has 0 aromatic heterocycles. The lowest BCUT2D eigenvalue weighted by atomic mass is 10.2. The molecule has 0 bridgehead atoms. The number of para-hydroxylation sites is 2. The minimum Gasteiger partial charge on any atom is -0.495 e. The summed E-state index contributed by atoms with van der Waals surface area (Å²) in [6, 6.07) is 13.0. The average Bonchev–Trinajstić information content (AvgIpc) is 2.87. The normalized spacial score (nSPS) is 14.7. The Morgan fingerprint density at radius 3 is 2.29 bits per heavy atom. The van der Waals surface area contributed by atoms with Crippen molar-refractivity contribution in [1.82, 2.24) is 9.62 Å². The molecule has 9 nitrogen and oxygen atoms in total. The fourth-order valence-corrected chi connectivity index (χ4v) is 5.06. The highest BCUT2D eigenvalue weighted by Gasteiger charge is 2.27. The number of carbonyl (C=O) groups is 1. The molecule has 10 heteroatoms. The molecule has 1 aliphatic rings. The Labute approximate surface area is 201 Å². The zero-order valence-electron chi connectivity index (χ0n) is 19.7. The molecule has 0 unspecified atom stereocenters. The van der Waals surface area contributed by atoms with E-state index in [-0.39, 0.29) is 18.2 Å². The van der Waals surface area contributed by atoms with Gasteiger partial charge < -0.3 is 24.4 Å². The van der Waals surface area contributed by atoms with Crippen molar-refractivity contribution in [2.45, 2.75) is 0 Å². The number of anilines is 1. The Morgan fingerprint density at radius 2 is 1.62 bits per heavy atom. The van der Waals surface area contributed by atoms with Crippen molar-refractivity contribution >= 4 is 27.7 Å². The number of hydrogen-bond donors (Lipinski definition) is 1. The van der Waals surface area contributed by atoms with Gasteiger partial charge in [0, 0.05) is 38.8 Å². The number of nitrogens with one attached hydrogen (secondary N) is 1. The molecule has 0 saturated carbocycles. The highest BCUT2D eigenvalue weighted by molar-refractivity contribution is 7.89. The van der Waals surface area contributed by atoms with Gasteiger partial charge in [-0.15, -0.1) is 0 Å². The predicted octanol–water partition coefficient (Wildman–Crippen LogP) is 1.99. The Bertz CT molecular complexity index is 1110. The summed E-state index contributed by atoms with van der Waals surface area (Å²) in [5, 5.41) is 2.63. The number of ether oxygens (including phenoxy) is 3. The summed E-state index contributed by atoms with van der Waals surface area (Å²) in [4.78, 5) is 14.3. The van der Waals surface area contributed by atoms with Crippen molar-refractivity contribution in [2.24, 2.45) is 0 Å². The van der Waals surface area contributed by atoms with Crippen LogP contribution in [0.2, 0.25) is 0 Å². The number of carbonyl (C=O) groups excluding carboxylic acids is 1. The second-order valence-electron chi connectivity index (χ2n) is 7.61. The molecule has 1 saturated heterocycles. The molecule has 0 atom stereocenters. The Hall–Kier alpha value is -3.24. The van der Waals surface area contributed by atoms with E-state index in [9.17, 15) is 13.2 Å². The number of rotatable bonds is 10. The lowest BCUT2D eigenvalue weighted by molar-refractivity contribution is -0.116. The van der Waals surface area contributed by atoms with Gasteiger partial charge in [0.2, 0.25) is 15.9 Å². The van der Waals surface area contributed by atoms with Crippen molar-refractivity contribution in [1.29, 1.82) is 0 Å². The second kappa shape index (κ2) is 11.8. The minimum absolute atomic E-state index is 0.0319. The first-order valence-electron chi connectivity index (χ1n) is 10.9. The van der Waals surface area contributed by atoms with E-state index in [2.05, 4.69) is 10.2 Å². The zero-order chi connectivity index (χ0) is 24.6. The number of sulfonamides is 1. The summed E-state index contributed by atoms with van der Waals surface area (Å²) in [6.45, 7) is 1.94. The maximum absolute atomic E-state index is 12.7. The fraction of sp³-hybridized carbons (Fsp3) is 0.375. The highest BCUT2D eigenvalue weighted by Crippen LogP contribution is 2.29. The van der Waals surface area contributed by atoms with E-state index in [1.807, 2.05) is 24.3 Å². The van der Waals surface area contributed by atoms with Gasteiger partial charge in [-0.05, 0) is 35.9 Å². The van der Waals surface area contributed by atoms with Gasteiger partial charge >= 0.3 is 0 Å². The summed E-state index contributed by atoms with van der Waals surface area (Å²) in [5.41, 5.74) is 1.71. The molecule has 1 N–H and O–H groups in total. The van der Waals surface area contributed by atoms with E-state index in [1.54, 1.807) is 38.5 Å². The van der Waals surface area contributed by atoms with Gasteiger partial charge in [-0.2, -0.15) is 4.31 Å². The number of nitrogens with zero attached hydrogens (tertiary/aromatic N) is 2. The number of hydrogen-bond acceptors (Lipinski definition) is 7. The Kier molecular flexibility index (Phi) is 8.78. The molecule has 34 heavy (non-hydrogen) atoms. The molecule has 0 aliphatic carbocycles. The second-order valence-corrected chi connectivity index (χ2v) is 9.70. The molecule has 0 radical (unpaired) electrons. The highest BCUT2D eigenvalue weighted by atomic mass is 32.2. The first-order chi connectivity index (χ1) is 16.4. The molecule has 1 amide bonds. The topological polar surface area (TPSA) is 97.4 Å². The SMILES string of the molecule is COc1ccc(/C=C/C(=O)NCCS(=O)(=O)N2CCN(c3ccccc3OC)CC2)cc1OC. The van der Waals surface area contributed by atoms with E-state index >= 15 is 0 Å². The predicted molar refractivity (Wildman–Crippen MR) is 132 cm³/mol. The van der Waals surface area contributed by atoms with Gasteiger partial charge in [-0.3, -0.25) is 4.79 Å². The van der Waals surface area contributed by atoms with Crippen molar-refractivity contribution in [3.63, 3.8) is 0 Å². The third kappa shape index (κ3) is 6.42. The number of benzene rings is 2. The van der Waals surface area contributed by atoms with Crippen LogP contribution < -0.4 is 24.4 Å². The van der Waals surface area contributed by atoms with Crippen LogP contribution in [0.15, 0.2) is 48.5 Å². The summed E-state index contributed by atoms with van der Waals surface area (Å²) in [6.07, 6.45) is 2.99. The van der Waals surface area contributed by atoms with E-state index < -0.39 is 10.0 Å². The van der Waals surface area contributed by atoms with E-state index in [4.69, 9.17) is 14.2 Å². The molecule has 2 aromatic carbocycles. The van der Waals surface area contributed by atoms with Crippen LogP contribution in [0.25, 0.3) is 6.08 Å². The van der Waals surface area contributed by atoms with Crippen molar-refractivity contribution < 1.29 is 27.4 Å². The fourth-order valence-electron chi connectivity index (χ4n) is 3.72. The van der Waals surface area contributed by atoms with Crippen LogP contribution >= 0.6 is 0 Å². The molecule has 2 aromatic rings. The third-order valence-electron chi connectivity index (χ3n) is 5.55. The molecule has 3 rings (SSSR count). The molecule has 1 aliphatic heterocycles. The molecular weight excluding hydrogens is 458 g/mol. The van der Waals surface area contributed by atoms with Gasteiger partial charge in [-0.1, -0.05) is 18.2 Å². The maximum Gasteiger partial charge on any atom is 0.244 e. The van der Waals surface area contributed by atoms with E-state index in [0.717, 1.165) is 17.0 Å². The minimum atomic E-state index is -3.48. The number of methoxy groups -OCH3 is 3. The monoisotopic (exact) mass is 489 g/mol. The third-order valence-corrected chi connectivity index (χ3v) is 7.42. The maximum atomic E-state index is 12.7. The van der Waals surface area contributed by atoms with Crippen molar-refractivity contribution in [2.75, 3.05) is 64.7 Å². The summed E-state index contributed by atoms with van der Waals surface area (Å²) < 4.78 is 42.8. The molecular formula is C24H31N3O6S. The van der Waals surface area contributed by atoms with Gasteiger partial charge in [0.25, 0.3) is 0 Å². The largest absolute Gasteiger partial charge is 0.495 e. The first kappa shape index (κ1) is 25.4. The quantitative estimate of drug-likeness (QED) is 0.510. The van der Waals surface area contributed by atoms with Gasteiger partial charge in [0.05, 0.1) is 32.8 Å². The van der Waals surface area contributed by atoms with Crippen LogP contribution in [0.3, 0.4) is 0 Å². The molecule has 184 valence electrons. The van der Waals surface area contributed by atoms with Crippen molar-refractivity contribution in [3.05, 3.63) is 54.1 Å². The zero-order valence-corrected chi connectivity index (χ0v) is 20.5. The van der Waals surface area contributed by atoms with Crippen LogP contribution in [0, 0.1) is 0 Å². The molecule has 1 heterocycles. The summed E-state index contributed by atoms with van der Waals surface area (Å²) in [7, 11) is 1.23. The Balaban J connectivity index is 1.47. The average molecular weight is 490 g/mol. The standard InChI is InChI=1S/C24H31N3O6S/c1-31-21-7-5-4-6-20(21)26-13-15-27(16-14-26)34(29,30)17-12-25-24(28)11-9-19-8-10-22(32-2)23(18-19)33-3/h4-11,18H,12-17H2,1-3H3,(H,25,28)/b11-9+. The van der Waals surface area contributed by atoms with Crippen molar-refractivity contribution in [3.8, 4) is 17.2 Å². The van der Waals surface area contributed by atoms with Crippen LogP contribution in [0.5, 0.6) is 17.2 Å². The number of amides is 1. The smallest absolute Gasteiger partial charge is 0.244 e. The van der Waals surface area contributed by atoms with Gasteiger partial charge in [0.1, 0.15) is 5.75 Å². The Morgan fingerprint density at radius 1 is 0.941 bits per heavy atom. The van der Waals surface area contributed by atoms with E-state index in [1.165, 1.54) is 17.5 Å². The van der Waals surface area contributed by atoms with Gasteiger partial charge in [-0.25, -0.2) is 8.42 Å². The van der Waals surface area contributed by atoms with E-state index in [0.29, 0.717) is 37.7 Å². The summed E-state index contributed by atoms with van der Waals surface area (Å²) >= 11 is 0. The lowest BCUT2D eigenvalue weighted by Crippen LogP contribution is -2.50. The van der Waals surface area contributed by atoms with Crippen LogP contribution in [-0.4, -0.2) is 78.4 Å². The lowest BCUT2D eigenvalue weighted by Gasteiger charge is -2.35.